The normalized spacial score (nSPS) is 10.9. The maximum Gasteiger partial charge on any atom is 0.191 e. The van der Waals surface area contributed by atoms with Gasteiger partial charge in [-0.1, -0.05) is 18.2 Å². The lowest BCUT2D eigenvalue weighted by atomic mass is 10.2. The minimum absolute atomic E-state index is 0. The minimum Gasteiger partial charge on any atom is -0.382 e. The van der Waals surface area contributed by atoms with Crippen LogP contribution in [0.3, 0.4) is 0 Å². The summed E-state index contributed by atoms with van der Waals surface area (Å²) in [5.74, 6) is 0.482. The Bertz CT molecular complexity index is 416. The first-order valence-corrected chi connectivity index (χ1v) is 7.11. The highest BCUT2D eigenvalue weighted by Crippen LogP contribution is 2.07. The van der Waals surface area contributed by atoms with E-state index in [4.69, 9.17) is 4.74 Å². The topological polar surface area (TPSA) is 45.7 Å². The Balaban J connectivity index is 0.00000400. The van der Waals surface area contributed by atoms with E-state index in [1.807, 2.05) is 19.9 Å². The standard InChI is InChI=1S/C15H24FN3O.HI/c1-3-17-15(18-10-7-11-20-4-2)19-12-13-8-5-6-9-14(13)16;/h5-6,8-9H,3-4,7,10-12H2,1-2H3,(H2,17,18,19);1H. The van der Waals surface area contributed by atoms with Crippen molar-refractivity contribution in [2.75, 3.05) is 26.3 Å². The van der Waals surface area contributed by atoms with Crippen LogP contribution in [0.15, 0.2) is 29.3 Å². The molecule has 1 aromatic carbocycles. The van der Waals surface area contributed by atoms with Crippen LogP contribution in [0.4, 0.5) is 4.39 Å². The van der Waals surface area contributed by atoms with Crippen LogP contribution in [0, 0.1) is 5.82 Å². The van der Waals surface area contributed by atoms with Crippen LogP contribution < -0.4 is 10.6 Å². The number of rotatable bonds is 8. The van der Waals surface area contributed by atoms with E-state index in [0.717, 1.165) is 32.7 Å². The number of hydrogen-bond donors (Lipinski definition) is 2. The van der Waals surface area contributed by atoms with E-state index in [9.17, 15) is 4.39 Å². The van der Waals surface area contributed by atoms with Gasteiger partial charge in [0.25, 0.3) is 0 Å². The molecule has 0 aliphatic carbocycles. The van der Waals surface area contributed by atoms with Crippen molar-refractivity contribution in [3.8, 4) is 0 Å². The highest BCUT2D eigenvalue weighted by Gasteiger charge is 2.01. The zero-order valence-electron chi connectivity index (χ0n) is 12.7. The predicted molar refractivity (Wildman–Crippen MR) is 95.7 cm³/mol. The first-order valence-electron chi connectivity index (χ1n) is 7.11. The molecule has 0 aromatic heterocycles. The summed E-state index contributed by atoms with van der Waals surface area (Å²) in [6.07, 6.45) is 0.915. The molecular formula is C15H25FIN3O. The molecule has 0 heterocycles. The van der Waals surface area contributed by atoms with Gasteiger partial charge in [0.2, 0.25) is 0 Å². The largest absolute Gasteiger partial charge is 0.382 e. The van der Waals surface area contributed by atoms with Gasteiger partial charge in [-0.25, -0.2) is 9.38 Å². The summed E-state index contributed by atoms with van der Waals surface area (Å²) < 4.78 is 18.8. The lowest BCUT2D eigenvalue weighted by Gasteiger charge is -2.11. The molecular weight excluding hydrogens is 384 g/mol. The van der Waals surface area contributed by atoms with Gasteiger partial charge in [-0.05, 0) is 26.3 Å². The van der Waals surface area contributed by atoms with E-state index in [0.29, 0.717) is 18.1 Å². The molecule has 2 N–H and O–H groups in total. The molecule has 0 unspecified atom stereocenters. The molecule has 1 aromatic rings. The highest BCUT2D eigenvalue weighted by atomic mass is 127. The number of nitrogens with zero attached hydrogens (tertiary/aromatic N) is 1. The minimum atomic E-state index is -0.219. The van der Waals surface area contributed by atoms with Gasteiger partial charge in [-0.2, -0.15) is 0 Å². The smallest absolute Gasteiger partial charge is 0.191 e. The van der Waals surface area contributed by atoms with Gasteiger partial charge < -0.3 is 15.4 Å². The van der Waals surface area contributed by atoms with Gasteiger partial charge in [0.05, 0.1) is 6.54 Å². The van der Waals surface area contributed by atoms with Gasteiger partial charge in [0.15, 0.2) is 5.96 Å². The van der Waals surface area contributed by atoms with Gasteiger partial charge in [-0.15, -0.1) is 24.0 Å². The van der Waals surface area contributed by atoms with E-state index in [-0.39, 0.29) is 29.8 Å². The Morgan fingerprint density at radius 1 is 1.24 bits per heavy atom. The fourth-order valence-corrected chi connectivity index (χ4v) is 1.66. The molecule has 0 saturated carbocycles. The van der Waals surface area contributed by atoms with Crippen LogP contribution >= 0.6 is 24.0 Å². The molecule has 0 aliphatic rings. The summed E-state index contributed by atoms with van der Waals surface area (Å²) in [6, 6.07) is 6.70. The molecule has 0 fully saturated rings. The first-order chi connectivity index (χ1) is 9.77. The summed E-state index contributed by atoms with van der Waals surface area (Å²) in [4.78, 5) is 4.38. The van der Waals surface area contributed by atoms with Gasteiger partial charge in [0.1, 0.15) is 5.82 Å². The quantitative estimate of drug-likeness (QED) is 0.301. The summed E-state index contributed by atoms with van der Waals surface area (Å²) in [5.41, 5.74) is 0.596. The van der Waals surface area contributed by atoms with Crippen molar-refractivity contribution in [3.63, 3.8) is 0 Å². The van der Waals surface area contributed by atoms with Crippen molar-refractivity contribution >= 4 is 29.9 Å². The van der Waals surface area contributed by atoms with Crippen molar-refractivity contribution < 1.29 is 9.13 Å². The van der Waals surface area contributed by atoms with Crippen LogP contribution in [0.25, 0.3) is 0 Å². The van der Waals surface area contributed by atoms with E-state index in [2.05, 4.69) is 15.6 Å². The maximum absolute atomic E-state index is 13.5. The molecule has 21 heavy (non-hydrogen) atoms. The van der Waals surface area contributed by atoms with E-state index in [1.54, 1.807) is 12.1 Å². The fraction of sp³-hybridized carbons (Fsp3) is 0.533. The average molecular weight is 409 g/mol. The summed E-state index contributed by atoms with van der Waals surface area (Å²) in [5, 5.41) is 6.34. The Kier molecular flexibility index (Phi) is 12.3. The SMILES string of the molecule is CCNC(=NCc1ccccc1F)NCCCOCC.I. The molecule has 0 saturated heterocycles. The fourth-order valence-electron chi connectivity index (χ4n) is 1.66. The van der Waals surface area contributed by atoms with Crippen molar-refractivity contribution in [2.24, 2.45) is 4.99 Å². The number of hydrogen-bond acceptors (Lipinski definition) is 2. The molecule has 0 spiro atoms. The lowest BCUT2D eigenvalue weighted by molar-refractivity contribution is 0.145. The second-order valence-corrected chi connectivity index (χ2v) is 4.26. The van der Waals surface area contributed by atoms with Crippen LogP contribution in [-0.4, -0.2) is 32.3 Å². The van der Waals surface area contributed by atoms with Crippen LogP contribution in [0.1, 0.15) is 25.8 Å². The number of benzene rings is 1. The Hall–Kier alpha value is -0.890. The first kappa shape index (κ1) is 20.1. The highest BCUT2D eigenvalue weighted by molar-refractivity contribution is 14.0. The molecule has 0 aliphatic heterocycles. The average Bonchev–Trinajstić information content (AvgIpc) is 2.46. The van der Waals surface area contributed by atoms with E-state index in [1.165, 1.54) is 6.07 Å². The third-order valence-corrected chi connectivity index (χ3v) is 2.67. The monoisotopic (exact) mass is 409 g/mol. The third kappa shape index (κ3) is 8.87. The summed E-state index contributed by atoms with van der Waals surface area (Å²) >= 11 is 0. The summed E-state index contributed by atoms with van der Waals surface area (Å²) in [6.45, 7) is 7.33. The second kappa shape index (κ2) is 12.8. The zero-order chi connectivity index (χ0) is 14.6. The third-order valence-electron chi connectivity index (χ3n) is 2.67. The number of guanidine groups is 1. The molecule has 0 amide bonds. The molecule has 6 heteroatoms. The lowest BCUT2D eigenvalue weighted by Crippen LogP contribution is -2.38. The van der Waals surface area contributed by atoms with Crippen molar-refractivity contribution in [2.45, 2.75) is 26.8 Å². The molecule has 1 rings (SSSR count). The Morgan fingerprint density at radius 3 is 2.67 bits per heavy atom. The van der Waals surface area contributed by atoms with Crippen LogP contribution in [-0.2, 0) is 11.3 Å². The molecule has 120 valence electrons. The van der Waals surface area contributed by atoms with E-state index < -0.39 is 0 Å². The molecule has 4 nitrogen and oxygen atoms in total. The van der Waals surface area contributed by atoms with E-state index >= 15 is 0 Å². The summed E-state index contributed by atoms with van der Waals surface area (Å²) in [7, 11) is 0. The Morgan fingerprint density at radius 2 is 2.00 bits per heavy atom. The number of aliphatic imine (C=N–C) groups is 1. The Labute approximate surface area is 143 Å². The van der Waals surface area contributed by atoms with Gasteiger partial charge in [-0.3, -0.25) is 0 Å². The van der Waals surface area contributed by atoms with Crippen molar-refractivity contribution in [3.05, 3.63) is 35.6 Å². The van der Waals surface area contributed by atoms with Crippen LogP contribution in [0.2, 0.25) is 0 Å². The molecule has 0 radical (unpaired) electrons. The number of nitrogens with one attached hydrogen (secondary N) is 2. The molecule has 0 bridgehead atoms. The zero-order valence-corrected chi connectivity index (χ0v) is 15.0. The van der Waals surface area contributed by atoms with Crippen LogP contribution in [0.5, 0.6) is 0 Å². The maximum atomic E-state index is 13.5. The van der Waals surface area contributed by atoms with Crippen molar-refractivity contribution in [1.29, 1.82) is 0 Å². The predicted octanol–water partition coefficient (Wildman–Crippen LogP) is 2.93. The van der Waals surface area contributed by atoms with Gasteiger partial charge >= 0.3 is 0 Å². The van der Waals surface area contributed by atoms with Gasteiger partial charge in [0, 0.05) is 31.9 Å². The number of halogens is 2. The second-order valence-electron chi connectivity index (χ2n) is 4.26. The number of ether oxygens (including phenoxy) is 1. The van der Waals surface area contributed by atoms with Crippen molar-refractivity contribution in [1.82, 2.24) is 10.6 Å². The molecule has 0 atom stereocenters.